The van der Waals surface area contributed by atoms with Gasteiger partial charge in [-0.15, -0.1) is 0 Å². The number of Topliss-reactive ketones (excluding diaryl/α,β-unsaturated/α-hetero) is 1. The molecule has 1 aromatic rings. The molecule has 0 aromatic carbocycles. The van der Waals surface area contributed by atoms with Crippen LogP contribution in [0.2, 0.25) is 0 Å². The quantitative estimate of drug-likeness (QED) is 0.454. The fraction of sp³-hybridized carbons (Fsp3) is 0.333. The highest BCUT2D eigenvalue weighted by molar-refractivity contribution is 6.57. The van der Waals surface area contributed by atoms with Gasteiger partial charge in [-0.3, -0.25) is 9.78 Å². The molecule has 0 saturated carbocycles. The Kier molecular flexibility index (Phi) is 3.82. The van der Waals surface area contributed by atoms with Crippen molar-refractivity contribution in [1.82, 2.24) is 4.98 Å². The molecule has 0 aliphatic carbocycles. The maximum absolute atomic E-state index is 11.5. The second kappa shape index (κ2) is 4.90. The first kappa shape index (κ1) is 11.7. The van der Waals surface area contributed by atoms with Crippen LogP contribution in [0.1, 0.15) is 23.7 Å². The van der Waals surface area contributed by atoms with Gasteiger partial charge < -0.3 is 15.4 Å². The van der Waals surface area contributed by atoms with Gasteiger partial charge in [0.25, 0.3) is 0 Å². The molecule has 0 bridgehead atoms. The van der Waals surface area contributed by atoms with E-state index in [1.165, 1.54) is 12.3 Å². The van der Waals surface area contributed by atoms with Crippen LogP contribution in [0.25, 0.3) is 0 Å². The predicted molar refractivity (Wildman–Crippen MR) is 58.2 cm³/mol. The highest BCUT2D eigenvalue weighted by Crippen LogP contribution is 2.13. The Hall–Kier alpha value is -1.40. The molecule has 1 heterocycles. The van der Waals surface area contributed by atoms with Crippen LogP contribution in [-0.4, -0.2) is 35.0 Å². The van der Waals surface area contributed by atoms with E-state index in [1.807, 2.05) is 0 Å². The standard InChI is InChI=1S/C9H13BN2O3/c1-3-8(13)6-5-12-9(10(14)15)4-7(6)11-2/h4-5,14-15H,3H2,1-2H3,(H,11,12). The molecule has 0 fully saturated rings. The van der Waals surface area contributed by atoms with Gasteiger partial charge in [0.1, 0.15) is 0 Å². The van der Waals surface area contributed by atoms with Gasteiger partial charge in [-0.2, -0.15) is 0 Å². The molecule has 15 heavy (non-hydrogen) atoms. The van der Waals surface area contributed by atoms with E-state index >= 15 is 0 Å². The third-order valence-corrected chi connectivity index (χ3v) is 2.08. The summed E-state index contributed by atoms with van der Waals surface area (Å²) in [5.41, 5.74) is 1.14. The van der Waals surface area contributed by atoms with Crippen molar-refractivity contribution < 1.29 is 14.8 Å². The van der Waals surface area contributed by atoms with Crippen LogP contribution in [0.3, 0.4) is 0 Å². The predicted octanol–water partition coefficient (Wildman–Crippen LogP) is -0.604. The summed E-state index contributed by atoms with van der Waals surface area (Å²) < 4.78 is 0. The molecule has 1 rings (SSSR count). The van der Waals surface area contributed by atoms with Gasteiger partial charge in [0, 0.05) is 25.4 Å². The van der Waals surface area contributed by atoms with E-state index in [9.17, 15) is 4.79 Å². The van der Waals surface area contributed by atoms with E-state index in [1.54, 1.807) is 14.0 Å². The average Bonchev–Trinajstić information content (AvgIpc) is 2.27. The molecule has 0 amide bonds. The average molecular weight is 208 g/mol. The molecule has 5 nitrogen and oxygen atoms in total. The molecular weight excluding hydrogens is 195 g/mol. The third-order valence-electron chi connectivity index (χ3n) is 2.08. The summed E-state index contributed by atoms with van der Waals surface area (Å²) in [7, 11) is 0.0397. The Morgan fingerprint density at radius 2 is 2.27 bits per heavy atom. The molecule has 0 radical (unpaired) electrons. The minimum absolute atomic E-state index is 0.0363. The van der Waals surface area contributed by atoms with Crippen LogP contribution in [-0.2, 0) is 0 Å². The van der Waals surface area contributed by atoms with Crippen LogP contribution < -0.4 is 10.9 Å². The van der Waals surface area contributed by atoms with Crippen molar-refractivity contribution in [3.63, 3.8) is 0 Å². The number of nitrogens with zero attached hydrogens (tertiary/aromatic N) is 1. The highest BCUT2D eigenvalue weighted by Gasteiger charge is 2.17. The van der Waals surface area contributed by atoms with Crippen molar-refractivity contribution >= 4 is 24.2 Å². The first-order chi connectivity index (χ1) is 7.10. The van der Waals surface area contributed by atoms with Crippen LogP contribution in [0, 0.1) is 0 Å². The normalized spacial score (nSPS) is 9.87. The first-order valence-corrected chi connectivity index (χ1v) is 4.67. The molecule has 6 heteroatoms. The third kappa shape index (κ3) is 2.54. The fourth-order valence-corrected chi connectivity index (χ4v) is 1.23. The maximum atomic E-state index is 11.5. The van der Waals surface area contributed by atoms with Crippen molar-refractivity contribution in [3.05, 3.63) is 17.8 Å². The van der Waals surface area contributed by atoms with Gasteiger partial charge in [-0.05, 0) is 6.07 Å². The Morgan fingerprint density at radius 1 is 1.60 bits per heavy atom. The van der Waals surface area contributed by atoms with Crippen LogP contribution in [0.5, 0.6) is 0 Å². The van der Waals surface area contributed by atoms with E-state index in [4.69, 9.17) is 10.0 Å². The molecule has 0 aliphatic rings. The first-order valence-electron chi connectivity index (χ1n) is 4.67. The fourth-order valence-electron chi connectivity index (χ4n) is 1.23. The Balaban J connectivity index is 3.15. The molecule has 80 valence electrons. The summed E-state index contributed by atoms with van der Waals surface area (Å²) in [5.74, 6) is -0.0363. The molecule has 1 aromatic heterocycles. The van der Waals surface area contributed by atoms with Gasteiger partial charge in [0.2, 0.25) is 0 Å². The van der Waals surface area contributed by atoms with Crippen molar-refractivity contribution in [1.29, 1.82) is 0 Å². The van der Waals surface area contributed by atoms with Crippen molar-refractivity contribution in [2.45, 2.75) is 13.3 Å². The Bertz CT molecular complexity index is 368. The lowest BCUT2D eigenvalue weighted by molar-refractivity contribution is 0.0988. The number of carbonyl (C=O) groups is 1. The SMILES string of the molecule is CCC(=O)c1cnc(B(O)O)cc1NC. The van der Waals surface area contributed by atoms with Crippen molar-refractivity contribution in [2.75, 3.05) is 12.4 Å². The molecule has 0 aliphatic heterocycles. The Morgan fingerprint density at radius 3 is 2.73 bits per heavy atom. The molecule has 0 spiro atoms. The zero-order valence-electron chi connectivity index (χ0n) is 8.69. The van der Waals surface area contributed by atoms with E-state index < -0.39 is 7.12 Å². The monoisotopic (exact) mass is 208 g/mol. The van der Waals surface area contributed by atoms with E-state index in [0.717, 1.165) is 0 Å². The number of aromatic nitrogens is 1. The van der Waals surface area contributed by atoms with E-state index in [0.29, 0.717) is 17.7 Å². The molecule has 0 saturated heterocycles. The minimum atomic E-state index is -1.62. The largest absolute Gasteiger partial charge is 0.508 e. The van der Waals surface area contributed by atoms with Crippen molar-refractivity contribution in [2.24, 2.45) is 0 Å². The number of anilines is 1. The molecule has 3 N–H and O–H groups in total. The topological polar surface area (TPSA) is 82.5 Å². The van der Waals surface area contributed by atoms with Gasteiger partial charge in [0.05, 0.1) is 11.2 Å². The molecule has 0 atom stereocenters. The maximum Gasteiger partial charge on any atom is 0.508 e. The van der Waals surface area contributed by atoms with Crippen LogP contribution in [0.15, 0.2) is 12.3 Å². The smallest absolute Gasteiger partial charge is 0.422 e. The zero-order chi connectivity index (χ0) is 11.4. The lowest BCUT2D eigenvalue weighted by atomic mass is 9.85. The van der Waals surface area contributed by atoms with E-state index in [-0.39, 0.29) is 11.4 Å². The number of hydrogen-bond donors (Lipinski definition) is 3. The summed E-state index contributed by atoms with van der Waals surface area (Å²) in [6.45, 7) is 1.76. The second-order valence-electron chi connectivity index (χ2n) is 3.06. The highest BCUT2D eigenvalue weighted by atomic mass is 16.4. The van der Waals surface area contributed by atoms with Gasteiger partial charge in [-0.25, -0.2) is 0 Å². The number of nitrogens with one attached hydrogen (secondary N) is 1. The Labute approximate surface area is 88.3 Å². The zero-order valence-corrected chi connectivity index (χ0v) is 8.69. The number of rotatable bonds is 4. The molecule has 0 unspecified atom stereocenters. The summed E-state index contributed by atoms with van der Waals surface area (Å²) in [6.07, 6.45) is 1.74. The second-order valence-corrected chi connectivity index (χ2v) is 3.06. The summed E-state index contributed by atoms with van der Waals surface area (Å²) in [5, 5.41) is 20.6. The lowest BCUT2D eigenvalue weighted by Gasteiger charge is -2.08. The van der Waals surface area contributed by atoms with Crippen molar-refractivity contribution in [3.8, 4) is 0 Å². The van der Waals surface area contributed by atoms with Crippen LogP contribution in [0.4, 0.5) is 5.69 Å². The summed E-state index contributed by atoms with van der Waals surface area (Å²) in [4.78, 5) is 15.3. The summed E-state index contributed by atoms with van der Waals surface area (Å²) >= 11 is 0. The minimum Gasteiger partial charge on any atom is -0.422 e. The molecular formula is C9H13BN2O3. The van der Waals surface area contributed by atoms with Gasteiger partial charge >= 0.3 is 7.12 Å². The van der Waals surface area contributed by atoms with Crippen LogP contribution >= 0.6 is 0 Å². The van der Waals surface area contributed by atoms with E-state index in [2.05, 4.69) is 10.3 Å². The number of hydrogen-bond acceptors (Lipinski definition) is 5. The summed E-state index contributed by atoms with van der Waals surface area (Å²) in [6, 6.07) is 1.45. The lowest BCUT2D eigenvalue weighted by Crippen LogP contribution is -2.33. The van der Waals surface area contributed by atoms with Gasteiger partial charge in [-0.1, -0.05) is 6.92 Å². The number of ketones is 1. The number of pyridine rings is 1. The number of carbonyl (C=O) groups excluding carboxylic acids is 1. The van der Waals surface area contributed by atoms with Gasteiger partial charge in [0.15, 0.2) is 5.78 Å².